The monoisotopic (exact) mass is 302 g/mol. The standard InChI is InChI=1S/C16H18N2O2S/c1-13-7-9-14(10-8-13)21(19,20)18-12-3-2-5-15-16(18)6-4-11-17-15/h4,6-11H,2-3,5,12H2,1H3. The van der Waals surface area contributed by atoms with E-state index in [0.717, 1.165) is 36.2 Å². The first-order valence-corrected chi connectivity index (χ1v) is 8.56. The van der Waals surface area contributed by atoms with Gasteiger partial charge in [-0.2, -0.15) is 0 Å². The molecule has 0 radical (unpaired) electrons. The van der Waals surface area contributed by atoms with Gasteiger partial charge in [-0.3, -0.25) is 9.29 Å². The van der Waals surface area contributed by atoms with E-state index >= 15 is 0 Å². The van der Waals surface area contributed by atoms with Crippen molar-refractivity contribution in [2.75, 3.05) is 10.8 Å². The largest absolute Gasteiger partial charge is 0.264 e. The number of nitrogens with zero attached hydrogens (tertiary/aromatic N) is 2. The number of pyridine rings is 1. The molecule has 0 N–H and O–H groups in total. The summed E-state index contributed by atoms with van der Waals surface area (Å²) in [4.78, 5) is 4.68. The van der Waals surface area contributed by atoms with Crippen molar-refractivity contribution in [2.24, 2.45) is 0 Å². The zero-order chi connectivity index (χ0) is 14.9. The normalized spacial score (nSPS) is 15.4. The SMILES string of the molecule is Cc1ccc(S(=O)(=O)N2CCCCc3ncccc32)cc1. The lowest BCUT2D eigenvalue weighted by molar-refractivity contribution is 0.589. The molecule has 0 amide bonds. The van der Waals surface area contributed by atoms with Gasteiger partial charge >= 0.3 is 0 Å². The van der Waals surface area contributed by atoms with Gasteiger partial charge in [0, 0.05) is 12.7 Å². The summed E-state index contributed by atoms with van der Waals surface area (Å²) in [6.07, 6.45) is 4.36. The molecule has 1 aliphatic heterocycles. The highest BCUT2D eigenvalue weighted by Gasteiger charge is 2.28. The van der Waals surface area contributed by atoms with Crippen LogP contribution in [0.4, 0.5) is 5.69 Å². The van der Waals surface area contributed by atoms with Crippen molar-refractivity contribution >= 4 is 15.7 Å². The van der Waals surface area contributed by atoms with Crippen LogP contribution in [0.5, 0.6) is 0 Å². The molecule has 0 bridgehead atoms. The van der Waals surface area contributed by atoms with E-state index in [2.05, 4.69) is 4.98 Å². The Morgan fingerprint density at radius 1 is 1.10 bits per heavy atom. The van der Waals surface area contributed by atoms with Gasteiger partial charge in [-0.25, -0.2) is 8.42 Å². The van der Waals surface area contributed by atoms with Crippen LogP contribution in [-0.2, 0) is 16.4 Å². The summed E-state index contributed by atoms with van der Waals surface area (Å²) in [6, 6.07) is 10.6. The Labute approximate surface area is 125 Å². The number of hydrogen-bond acceptors (Lipinski definition) is 3. The summed E-state index contributed by atoms with van der Waals surface area (Å²) in [5.41, 5.74) is 2.63. The molecule has 1 aromatic carbocycles. The van der Waals surface area contributed by atoms with Gasteiger partial charge in [0.15, 0.2) is 0 Å². The van der Waals surface area contributed by atoms with E-state index in [1.165, 1.54) is 4.31 Å². The topological polar surface area (TPSA) is 50.3 Å². The zero-order valence-corrected chi connectivity index (χ0v) is 12.8. The van der Waals surface area contributed by atoms with Gasteiger partial charge in [0.1, 0.15) is 0 Å². The Morgan fingerprint density at radius 3 is 2.62 bits per heavy atom. The molecule has 2 aromatic rings. The average molecular weight is 302 g/mol. The number of aryl methyl sites for hydroxylation is 2. The Balaban J connectivity index is 2.08. The Morgan fingerprint density at radius 2 is 1.86 bits per heavy atom. The number of anilines is 1. The molecular weight excluding hydrogens is 284 g/mol. The number of rotatable bonds is 2. The van der Waals surface area contributed by atoms with E-state index in [9.17, 15) is 8.42 Å². The number of aromatic nitrogens is 1. The summed E-state index contributed by atoms with van der Waals surface area (Å²) in [7, 11) is -3.52. The highest BCUT2D eigenvalue weighted by Crippen LogP contribution is 2.29. The van der Waals surface area contributed by atoms with Gasteiger partial charge in [-0.1, -0.05) is 17.7 Å². The van der Waals surface area contributed by atoms with Crippen LogP contribution in [-0.4, -0.2) is 19.9 Å². The lowest BCUT2D eigenvalue weighted by Gasteiger charge is -2.24. The van der Waals surface area contributed by atoms with E-state index < -0.39 is 10.0 Å². The van der Waals surface area contributed by atoms with E-state index in [4.69, 9.17) is 0 Å². The fraction of sp³-hybridized carbons (Fsp3) is 0.312. The predicted molar refractivity (Wildman–Crippen MR) is 82.9 cm³/mol. The van der Waals surface area contributed by atoms with Crippen LogP contribution in [0, 0.1) is 6.92 Å². The Bertz CT molecular complexity index is 739. The van der Waals surface area contributed by atoms with Crippen LogP contribution in [0.15, 0.2) is 47.5 Å². The lowest BCUT2D eigenvalue weighted by atomic mass is 10.2. The van der Waals surface area contributed by atoms with Gasteiger partial charge in [0.05, 0.1) is 16.3 Å². The molecule has 0 unspecified atom stereocenters. The highest BCUT2D eigenvalue weighted by atomic mass is 32.2. The second kappa shape index (κ2) is 5.48. The molecule has 0 spiro atoms. The third-order valence-corrected chi connectivity index (χ3v) is 5.60. The summed E-state index contributed by atoms with van der Waals surface area (Å²) in [5.74, 6) is 0. The number of fused-ring (bicyclic) bond motifs is 1. The van der Waals surface area contributed by atoms with E-state index in [0.29, 0.717) is 11.4 Å². The molecule has 0 saturated carbocycles. The van der Waals surface area contributed by atoms with Gasteiger partial charge < -0.3 is 0 Å². The maximum atomic E-state index is 12.9. The van der Waals surface area contributed by atoms with Crippen molar-refractivity contribution in [1.29, 1.82) is 0 Å². The zero-order valence-electron chi connectivity index (χ0n) is 12.0. The van der Waals surface area contributed by atoms with Crippen LogP contribution >= 0.6 is 0 Å². The molecule has 2 heterocycles. The van der Waals surface area contributed by atoms with E-state index in [-0.39, 0.29) is 0 Å². The molecule has 5 heteroatoms. The van der Waals surface area contributed by atoms with Gasteiger partial charge in [-0.05, 0) is 50.5 Å². The molecule has 0 fully saturated rings. The molecule has 0 aliphatic carbocycles. The second-order valence-corrected chi connectivity index (χ2v) is 7.18. The predicted octanol–water partition coefficient (Wildman–Crippen LogP) is 2.92. The average Bonchev–Trinajstić information content (AvgIpc) is 2.70. The summed E-state index contributed by atoms with van der Waals surface area (Å²) in [5, 5.41) is 0. The summed E-state index contributed by atoms with van der Waals surface area (Å²) >= 11 is 0. The third kappa shape index (κ3) is 2.65. The van der Waals surface area contributed by atoms with Crippen LogP contribution in [0.1, 0.15) is 24.1 Å². The smallest absolute Gasteiger partial charge is 0.264 e. The third-order valence-electron chi connectivity index (χ3n) is 3.77. The van der Waals surface area contributed by atoms with Gasteiger partial charge in [0.25, 0.3) is 10.0 Å². The minimum absolute atomic E-state index is 0.338. The lowest BCUT2D eigenvalue weighted by Crippen LogP contribution is -2.32. The van der Waals surface area contributed by atoms with Crippen LogP contribution in [0.25, 0.3) is 0 Å². The molecule has 21 heavy (non-hydrogen) atoms. The molecule has 110 valence electrons. The van der Waals surface area contributed by atoms with Crippen molar-refractivity contribution in [2.45, 2.75) is 31.1 Å². The second-order valence-electron chi connectivity index (χ2n) is 5.32. The Kier molecular flexibility index (Phi) is 3.68. The van der Waals surface area contributed by atoms with Crippen LogP contribution in [0.3, 0.4) is 0 Å². The number of hydrogen-bond donors (Lipinski definition) is 0. The van der Waals surface area contributed by atoms with Crippen molar-refractivity contribution in [3.8, 4) is 0 Å². The fourth-order valence-corrected chi connectivity index (χ4v) is 4.13. The molecule has 1 aromatic heterocycles. The molecule has 0 saturated heterocycles. The van der Waals surface area contributed by atoms with Crippen molar-refractivity contribution in [1.82, 2.24) is 4.98 Å². The number of sulfonamides is 1. The van der Waals surface area contributed by atoms with Crippen molar-refractivity contribution < 1.29 is 8.42 Å². The molecule has 4 nitrogen and oxygen atoms in total. The van der Waals surface area contributed by atoms with Crippen LogP contribution < -0.4 is 4.31 Å². The summed E-state index contributed by atoms with van der Waals surface area (Å²) < 4.78 is 27.3. The first-order chi connectivity index (χ1) is 10.1. The van der Waals surface area contributed by atoms with Crippen molar-refractivity contribution in [3.63, 3.8) is 0 Å². The van der Waals surface area contributed by atoms with E-state index in [1.54, 1.807) is 24.4 Å². The van der Waals surface area contributed by atoms with E-state index in [1.807, 2.05) is 25.1 Å². The maximum absolute atomic E-state index is 12.9. The quantitative estimate of drug-likeness (QED) is 0.857. The first kappa shape index (κ1) is 14.1. The molecular formula is C16H18N2O2S. The van der Waals surface area contributed by atoms with Gasteiger partial charge in [0.2, 0.25) is 0 Å². The summed E-state index contributed by atoms with van der Waals surface area (Å²) in [6.45, 7) is 2.45. The molecule has 0 atom stereocenters. The Hall–Kier alpha value is -1.88. The minimum Gasteiger partial charge on any atom is -0.264 e. The number of benzene rings is 1. The maximum Gasteiger partial charge on any atom is 0.264 e. The van der Waals surface area contributed by atoms with Crippen molar-refractivity contribution in [3.05, 3.63) is 53.9 Å². The highest BCUT2D eigenvalue weighted by molar-refractivity contribution is 7.92. The molecule has 3 rings (SSSR count). The minimum atomic E-state index is -3.52. The van der Waals surface area contributed by atoms with Gasteiger partial charge in [-0.15, -0.1) is 0 Å². The van der Waals surface area contributed by atoms with Crippen LogP contribution in [0.2, 0.25) is 0 Å². The molecule has 1 aliphatic rings. The fourth-order valence-electron chi connectivity index (χ4n) is 2.60. The first-order valence-electron chi connectivity index (χ1n) is 7.12.